The minimum Gasteiger partial charge on any atom is -0.484 e. The fourth-order valence-corrected chi connectivity index (χ4v) is 2.36. The van der Waals surface area contributed by atoms with Crippen molar-refractivity contribution >= 4 is 11.6 Å². The van der Waals surface area contributed by atoms with E-state index in [9.17, 15) is 23.1 Å². The van der Waals surface area contributed by atoms with Gasteiger partial charge in [-0.25, -0.2) is 0 Å². The van der Waals surface area contributed by atoms with E-state index in [2.05, 4.69) is 5.10 Å². The molecule has 6 nitrogen and oxygen atoms in total. The first kappa shape index (κ1) is 18.7. The van der Waals surface area contributed by atoms with Crippen molar-refractivity contribution in [3.63, 3.8) is 0 Å². The lowest BCUT2D eigenvalue weighted by Gasteiger charge is -2.32. The normalized spacial score (nSPS) is 20.2. The number of hydrogen-bond donors (Lipinski definition) is 1. The van der Waals surface area contributed by atoms with Crippen molar-refractivity contribution < 1.29 is 27.8 Å². The molecular formula is C16H16F3N3O3. The molecule has 0 bridgehead atoms. The molecule has 0 unspecified atom stereocenters. The van der Waals surface area contributed by atoms with Crippen LogP contribution in [0.15, 0.2) is 29.4 Å². The molecule has 1 aliphatic rings. The molecule has 1 amide bonds. The minimum atomic E-state index is -5.05. The summed E-state index contributed by atoms with van der Waals surface area (Å²) in [5.41, 5.74) is -2.88. The lowest BCUT2D eigenvalue weighted by atomic mass is 10.0. The summed E-state index contributed by atoms with van der Waals surface area (Å²) in [4.78, 5) is 12.1. The van der Waals surface area contributed by atoms with Gasteiger partial charge in [0, 0.05) is 12.1 Å². The number of nitrogens with zero attached hydrogens (tertiary/aromatic N) is 3. The lowest BCUT2D eigenvalue weighted by Crippen LogP contribution is -2.57. The van der Waals surface area contributed by atoms with Gasteiger partial charge in [-0.3, -0.25) is 4.79 Å². The highest BCUT2D eigenvalue weighted by molar-refractivity contribution is 5.91. The first-order valence-corrected chi connectivity index (χ1v) is 7.52. The van der Waals surface area contributed by atoms with Crippen LogP contribution in [-0.4, -0.2) is 40.2 Å². The highest BCUT2D eigenvalue weighted by Crippen LogP contribution is 2.40. The third kappa shape index (κ3) is 3.91. The number of nitriles is 1. The standard InChI is InChI=1S/C16H16F3N3O3/c1-2-3-12-8-15(24,16(17,18)19)22(21-12)14(23)10-25-13-6-4-11(9-20)5-7-13/h4-7,24H,2-3,8,10H2,1H3/t15-/m0/s1. The van der Waals surface area contributed by atoms with Crippen LogP contribution in [0, 0.1) is 11.3 Å². The summed E-state index contributed by atoms with van der Waals surface area (Å²) in [6.07, 6.45) is -5.03. The molecule has 0 spiro atoms. The van der Waals surface area contributed by atoms with Crippen molar-refractivity contribution in [1.82, 2.24) is 5.01 Å². The first-order valence-electron chi connectivity index (χ1n) is 7.52. The smallest absolute Gasteiger partial charge is 0.438 e. The zero-order valence-electron chi connectivity index (χ0n) is 13.4. The van der Waals surface area contributed by atoms with Gasteiger partial charge in [0.05, 0.1) is 11.6 Å². The van der Waals surface area contributed by atoms with Gasteiger partial charge < -0.3 is 9.84 Å². The number of amides is 1. The fraction of sp³-hybridized carbons (Fsp3) is 0.438. The molecule has 1 aromatic rings. The van der Waals surface area contributed by atoms with Crippen molar-refractivity contribution in [2.75, 3.05) is 6.61 Å². The highest BCUT2D eigenvalue weighted by atomic mass is 19.4. The van der Waals surface area contributed by atoms with E-state index in [1.54, 1.807) is 6.92 Å². The summed E-state index contributed by atoms with van der Waals surface area (Å²) >= 11 is 0. The molecule has 2 rings (SSSR count). The van der Waals surface area contributed by atoms with Crippen LogP contribution in [0.4, 0.5) is 13.2 Å². The Morgan fingerprint density at radius 3 is 2.60 bits per heavy atom. The van der Waals surface area contributed by atoms with Crippen molar-refractivity contribution in [1.29, 1.82) is 5.26 Å². The number of benzene rings is 1. The van der Waals surface area contributed by atoms with Crippen molar-refractivity contribution in [2.24, 2.45) is 5.10 Å². The number of halogens is 3. The average Bonchev–Trinajstić information content (AvgIpc) is 2.91. The molecule has 0 saturated heterocycles. The molecule has 1 aromatic carbocycles. The number of carbonyl (C=O) groups excluding carboxylic acids is 1. The Labute approximate surface area is 142 Å². The Morgan fingerprint density at radius 1 is 1.44 bits per heavy atom. The van der Waals surface area contributed by atoms with E-state index < -0.39 is 30.8 Å². The quantitative estimate of drug-likeness (QED) is 0.880. The van der Waals surface area contributed by atoms with Crippen molar-refractivity contribution in [3.05, 3.63) is 29.8 Å². The second-order valence-electron chi connectivity index (χ2n) is 5.54. The topological polar surface area (TPSA) is 85.9 Å². The van der Waals surface area contributed by atoms with E-state index in [1.807, 2.05) is 6.07 Å². The van der Waals surface area contributed by atoms with Crippen LogP contribution in [0.25, 0.3) is 0 Å². The molecule has 0 aliphatic carbocycles. The summed E-state index contributed by atoms with van der Waals surface area (Å²) in [5, 5.41) is 22.4. The van der Waals surface area contributed by atoms with Crippen LogP contribution in [0.1, 0.15) is 31.7 Å². The Morgan fingerprint density at radius 2 is 2.08 bits per heavy atom. The van der Waals surface area contributed by atoms with Gasteiger partial charge in [0.15, 0.2) is 6.61 Å². The third-order valence-electron chi connectivity index (χ3n) is 3.62. The molecular weight excluding hydrogens is 339 g/mol. The number of ether oxygens (including phenoxy) is 1. The molecule has 1 N–H and O–H groups in total. The molecule has 1 heterocycles. The van der Waals surface area contributed by atoms with E-state index in [0.29, 0.717) is 12.0 Å². The summed E-state index contributed by atoms with van der Waals surface area (Å²) in [6.45, 7) is 1.03. The molecule has 0 fully saturated rings. The van der Waals surface area contributed by atoms with Crippen LogP contribution in [0.5, 0.6) is 5.75 Å². The van der Waals surface area contributed by atoms with E-state index in [4.69, 9.17) is 10.00 Å². The van der Waals surface area contributed by atoms with E-state index in [0.717, 1.165) is 0 Å². The summed E-state index contributed by atoms with van der Waals surface area (Å²) in [6, 6.07) is 7.62. The lowest BCUT2D eigenvalue weighted by molar-refractivity contribution is -0.302. The summed E-state index contributed by atoms with van der Waals surface area (Å²) in [5.74, 6) is -0.907. The molecule has 1 aliphatic heterocycles. The molecule has 25 heavy (non-hydrogen) atoms. The molecule has 1 atom stereocenters. The Balaban J connectivity index is 2.12. The van der Waals surface area contributed by atoms with Gasteiger partial charge in [0.25, 0.3) is 11.6 Å². The first-order chi connectivity index (χ1) is 11.7. The van der Waals surface area contributed by atoms with Crippen LogP contribution in [0.3, 0.4) is 0 Å². The van der Waals surface area contributed by atoms with Gasteiger partial charge in [-0.15, -0.1) is 0 Å². The molecule has 0 radical (unpaired) electrons. The Bertz CT molecular complexity index is 710. The highest BCUT2D eigenvalue weighted by Gasteiger charge is 2.63. The summed E-state index contributed by atoms with van der Waals surface area (Å²) in [7, 11) is 0. The molecule has 134 valence electrons. The molecule has 9 heteroatoms. The van der Waals surface area contributed by atoms with Gasteiger partial charge in [-0.05, 0) is 30.7 Å². The van der Waals surface area contributed by atoms with Crippen molar-refractivity contribution in [2.45, 2.75) is 38.1 Å². The molecule has 0 aromatic heterocycles. The zero-order chi connectivity index (χ0) is 18.7. The average molecular weight is 355 g/mol. The van der Waals surface area contributed by atoms with Crippen molar-refractivity contribution in [3.8, 4) is 11.8 Å². The van der Waals surface area contributed by atoms with Gasteiger partial charge in [-0.1, -0.05) is 13.3 Å². The maximum absolute atomic E-state index is 13.2. The number of aliphatic hydroxyl groups is 1. The van der Waals surface area contributed by atoms with Gasteiger partial charge in [0.2, 0.25) is 0 Å². The monoisotopic (exact) mass is 355 g/mol. The van der Waals surface area contributed by atoms with Crippen LogP contribution in [-0.2, 0) is 4.79 Å². The van der Waals surface area contributed by atoms with Crippen LogP contribution in [0.2, 0.25) is 0 Å². The third-order valence-corrected chi connectivity index (χ3v) is 3.62. The van der Waals surface area contributed by atoms with Crippen LogP contribution < -0.4 is 4.74 Å². The van der Waals surface area contributed by atoms with E-state index in [-0.39, 0.29) is 22.9 Å². The predicted octanol–water partition coefficient (Wildman–Crippen LogP) is 2.58. The van der Waals surface area contributed by atoms with E-state index >= 15 is 0 Å². The second kappa shape index (κ2) is 7.11. The number of carbonyl (C=O) groups is 1. The van der Waals surface area contributed by atoms with Gasteiger partial charge in [-0.2, -0.15) is 28.5 Å². The number of alkyl halides is 3. The predicted molar refractivity (Wildman–Crippen MR) is 81.5 cm³/mol. The zero-order valence-corrected chi connectivity index (χ0v) is 13.4. The minimum absolute atomic E-state index is 0.0572. The SMILES string of the molecule is CCCC1=NN(C(=O)COc2ccc(C#N)cc2)[C@@](O)(C(F)(F)F)C1. The number of rotatable bonds is 5. The van der Waals surface area contributed by atoms with Gasteiger partial charge in [0.1, 0.15) is 5.75 Å². The number of hydrogen-bond acceptors (Lipinski definition) is 5. The Hall–Kier alpha value is -2.60. The maximum atomic E-state index is 13.2. The number of hydrazone groups is 1. The maximum Gasteiger partial charge on any atom is 0.438 e. The van der Waals surface area contributed by atoms with E-state index in [1.165, 1.54) is 24.3 Å². The summed E-state index contributed by atoms with van der Waals surface area (Å²) < 4.78 is 44.8. The van der Waals surface area contributed by atoms with Gasteiger partial charge >= 0.3 is 6.18 Å². The fourth-order valence-electron chi connectivity index (χ4n) is 2.36. The second-order valence-corrected chi connectivity index (χ2v) is 5.54. The van der Waals surface area contributed by atoms with Crippen LogP contribution >= 0.6 is 0 Å². The Kier molecular flexibility index (Phi) is 5.33. The molecule has 0 saturated carbocycles. The largest absolute Gasteiger partial charge is 0.484 e.